The van der Waals surface area contributed by atoms with Crippen LogP contribution in [0.5, 0.6) is 0 Å². The monoisotopic (exact) mass is 312 g/mol. The number of aryl methyl sites for hydroxylation is 2. The van der Waals surface area contributed by atoms with Gasteiger partial charge in [-0.05, 0) is 61.4 Å². The molecule has 0 saturated carbocycles. The smallest absolute Gasteiger partial charge is 0.0916 e. The van der Waals surface area contributed by atoms with Crippen molar-refractivity contribution in [1.29, 1.82) is 0 Å². The molecule has 0 saturated heterocycles. The fourth-order valence-corrected chi connectivity index (χ4v) is 3.18. The van der Waals surface area contributed by atoms with Crippen LogP contribution < -0.4 is 10.6 Å². The number of hydrogen-bond donors (Lipinski definition) is 2. The van der Waals surface area contributed by atoms with Crippen molar-refractivity contribution in [2.75, 3.05) is 10.6 Å². The minimum Gasteiger partial charge on any atom is -0.352 e. The highest BCUT2D eigenvalue weighted by Gasteiger charge is 2.15. The minimum atomic E-state index is 0.901. The molecule has 116 valence electrons. The molecule has 4 aromatic rings. The number of aromatic nitrogens is 2. The number of anilines is 4. The van der Waals surface area contributed by atoms with Gasteiger partial charge in [0, 0.05) is 0 Å². The third kappa shape index (κ3) is 1.93. The van der Waals surface area contributed by atoms with Crippen molar-refractivity contribution in [2.24, 2.45) is 0 Å². The van der Waals surface area contributed by atoms with Crippen LogP contribution in [0.25, 0.3) is 22.1 Å². The summed E-state index contributed by atoms with van der Waals surface area (Å²) in [6, 6.07) is 16.5. The van der Waals surface area contributed by atoms with E-state index in [0.717, 1.165) is 44.8 Å². The maximum atomic E-state index is 4.81. The van der Waals surface area contributed by atoms with Gasteiger partial charge in [0.25, 0.3) is 0 Å². The lowest BCUT2D eigenvalue weighted by Crippen LogP contribution is -2.06. The van der Waals surface area contributed by atoms with Crippen LogP contribution in [0.4, 0.5) is 22.7 Å². The van der Waals surface area contributed by atoms with Crippen LogP contribution >= 0.6 is 0 Å². The molecule has 0 atom stereocenters. The highest BCUT2D eigenvalue weighted by atomic mass is 15.0. The molecule has 0 spiro atoms. The largest absolute Gasteiger partial charge is 0.352 e. The van der Waals surface area contributed by atoms with Gasteiger partial charge < -0.3 is 10.6 Å². The summed E-state index contributed by atoms with van der Waals surface area (Å²) in [5.74, 6) is 0. The molecule has 0 bridgehead atoms. The van der Waals surface area contributed by atoms with Crippen molar-refractivity contribution in [3.8, 4) is 0 Å². The van der Waals surface area contributed by atoms with Crippen molar-refractivity contribution >= 4 is 44.8 Å². The second-order valence-corrected chi connectivity index (χ2v) is 6.33. The van der Waals surface area contributed by atoms with E-state index in [4.69, 9.17) is 9.97 Å². The second kappa shape index (κ2) is 4.68. The van der Waals surface area contributed by atoms with Crippen LogP contribution in [-0.2, 0) is 0 Å². The average molecular weight is 312 g/mol. The Morgan fingerprint density at radius 2 is 1.00 bits per heavy atom. The van der Waals surface area contributed by atoms with Gasteiger partial charge >= 0.3 is 0 Å². The molecule has 4 heteroatoms. The van der Waals surface area contributed by atoms with E-state index >= 15 is 0 Å². The molecule has 0 radical (unpaired) electrons. The summed E-state index contributed by atoms with van der Waals surface area (Å²) in [4.78, 5) is 9.63. The Bertz CT molecular complexity index is 1040. The zero-order valence-electron chi connectivity index (χ0n) is 13.5. The topological polar surface area (TPSA) is 49.8 Å². The lowest BCUT2D eigenvalue weighted by atomic mass is 10.1. The van der Waals surface area contributed by atoms with Crippen LogP contribution in [-0.4, -0.2) is 9.97 Å². The van der Waals surface area contributed by atoms with Gasteiger partial charge in [0.05, 0.1) is 44.8 Å². The number of fused-ring (bicyclic) bond motifs is 4. The highest BCUT2D eigenvalue weighted by Crippen LogP contribution is 2.39. The minimum absolute atomic E-state index is 0.901. The molecular formula is C20H16N4. The van der Waals surface area contributed by atoms with Crippen molar-refractivity contribution in [2.45, 2.75) is 13.8 Å². The van der Waals surface area contributed by atoms with Gasteiger partial charge in [-0.2, -0.15) is 0 Å². The first kappa shape index (κ1) is 13.3. The first-order valence-electron chi connectivity index (χ1n) is 8.03. The van der Waals surface area contributed by atoms with E-state index in [0.29, 0.717) is 0 Å². The number of para-hydroxylation sites is 2. The first-order valence-corrected chi connectivity index (χ1v) is 8.03. The molecule has 1 aliphatic rings. The van der Waals surface area contributed by atoms with E-state index in [1.165, 1.54) is 11.1 Å². The standard InChI is InChI=1S/C20H16N4/c1-11-7-15-16(8-12(11)2)24-20-10-18-17(9-19(20)23-15)21-13-5-3-4-6-14(13)22-18/h3-10,21-22H,1-2H3. The molecule has 2 N–H and O–H groups in total. The number of hydrogen-bond acceptors (Lipinski definition) is 4. The summed E-state index contributed by atoms with van der Waals surface area (Å²) in [5, 5.41) is 6.94. The molecule has 3 aromatic carbocycles. The predicted molar refractivity (Wildman–Crippen MR) is 99.5 cm³/mol. The molecule has 0 fully saturated rings. The van der Waals surface area contributed by atoms with Crippen molar-refractivity contribution < 1.29 is 0 Å². The molecule has 1 aromatic heterocycles. The zero-order chi connectivity index (χ0) is 16.3. The molecule has 24 heavy (non-hydrogen) atoms. The molecule has 0 unspecified atom stereocenters. The second-order valence-electron chi connectivity index (χ2n) is 6.33. The van der Waals surface area contributed by atoms with Crippen molar-refractivity contribution in [3.63, 3.8) is 0 Å². The summed E-state index contributed by atoms with van der Waals surface area (Å²) >= 11 is 0. The van der Waals surface area contributed by atoms with E-state index in [1.807, 2.05) is 12.1 Å². The molecule has 2 heterocycles. The first-order chi connectivity index (χ1) is 11.7. The summed E-state index contributed by atoms with van der Waals surface area (Å²) in [6.07, 6.45) is 0. The summed E-state index contributed by atoms with van der Waals surface area (Å²) in [5.41, 5.74) is 10.4. The molecule has 0 amide bonds. The lowest BCUT2D eigenvalue weighted by molar-refractivity contribution is 1.31. The van der Waals surface area contributed by atoms with Gasteiger partial charge in [-0.1, -0.05) is 12.1 Å². The zero-order valence-corrected chi connectivity index (χ0v) is 13.5. The molecule has 4 nitrogen and oxygen atoms in total. The fraction of sp³-hybridized carbons (Fsp3) is 0.100. The number of nitrogens with one attached hydrogen (secondary N) is 2. The summed E-state index contributed by atoms with van der Waals surface area (Å²) in [6.45, 7) is 4.21. The van der Waals surface area contributed by atoms with Crippen LogP contribution in [0.15, 0.2) is 48.5 Å². The van der Waals surface area contributed by atoms with Crippen LogP contribution in [0.1, 0.15) is 11.1 Å². The maximum absolute atomic E-state index is 4.81. The SMILES string of the molecule is Cc1cc2nc3cc4c(cc3nc2cc1C)Nc1ccccc1N4. The van der Waals surface area contributed by atoms with E-state index < -0.39 is 0 Å². The third-order valence-corrected chi connectivity index (χ3v) is 4.65. The highest BCUT2D eigenvalue weighted by molar-refractivity contribution is 5.98. The van der Waals surface area contributed by atoms with Gasteiger partial charge in [-0.3, -0.25) is 0 Å². The van der Waals surface area contributed by atoms with Gasteiger partial charge in [0.1, 0.15) is 0 Å². The maximum Gasteiger partial charge on any atom is 0.0916 e. The average Bonchev–Trinajstić information content (AvgIpc) is 2.58. The number of rotatable bonds is 0. The van der Waals surface area contributed by atoms with Gasteiger partial charge in [0.2, 0.25) is 0 Å². The van der Waals surface area contributed by atoms with Crippen LogP contribution in [0, 0.1) is 13.8 Å². The van der Waals surface area contributed by atoms with E-state index in [-0.39, 0.29) is 0 Å². The van der Waals surface area contributed by atoms with Crippen molar-refractivity contribution in [1.82, 2.24) is 9.97 Å². The lowest BCUT2D eigenvalue weighted by Gasteiger charge is -2.23. The van der Waals surface area contributed by atoms with Crippen LogP contribution in [0.2, 0.25) is 0 Å². The Balaban J connectivity index is 1.74. The molecule has 1 aliphatic heterocycles. The predicted octanol–water partition coefficient (Wildman–Crippen LogP) is 5.20. The van der Waals surface area contributed by atoms with Gasteiger partial charge in [0.15, 0.2) is 0 Å². The van der Waals surface area contributed by atoms with Gasteiger partial charge in [-0.25, -0.2) is 9.97 Å². The Labute approximate surface area is 139 Å². The number of nitrogens with zero attached hydrogens (tertiary/aromatic N) is 2. The molecular weight excluding hydrogens is 296 g/mol. The fourth-order valence-electron chi connectivity index (χ4n) is 3.18. The molecule has 0 aliphatic carbocycles. The van der Waals surface area contributed by atoms with E-state index in [9.17, 15) is 0 Å². The van der Waals surface area contributed by atoms with Gasteiger partial charge in [-0.15, -0.1) is 0 Å². The van der Waals surface area contributed by atoms with E-state index in [2.05, 4.69) is 60.9 Å². The van der Waals surface area contributed by atoms with Crippen molar-refractivity contribution in [3.05, 3.63) is 59.7 Å². The molecule has 5 rings (SSSR count). The Morgan fingerprint density at radius 1 is 0.583 bits per heavy atom. The Hall–Kier alpha value is -3.14. The Kier molecular flexibility index (Phi) is 2.59. The van der Waals surface area contributed by atoms with Crippen LogP contribution in [0.3, 0.4) is 0 Å². The summed E-state index contributed by atoms with van der Waals surface area (Å²) in [7, 11) is 0. The Morgan fingerprint density at radius 3 is 1.46 bits per heavy atom. The third-order valence-electron chi connectivity index (χ3n) is 4.65. The number of benzene rings is 3. The summed E-state index contributed by atoms with van der Waals surface area (Å²) < 4.78 is 0. The van der Waals surface area contributed by atoms with E-state index in [1.54, 1.807) is 0 Å². The normalized spacial score (nSPS) is 12.4. The quantitative estimate of drug-likeness (QED) is 0.386.